The Hall–Kier alpha value is -1.64. The van der Waals surface area contributed by atoms with Crippen molar-refractivity contribution in [2.75, 3.05) is 0 Å². The van der Waals surface area contributed by atoms with Gasteiger partial charge in [0.2, 0.25) is 0 Å². The Morgan fingerprint density at radius 3 is 1.90 bits per heavy atom. The lowest BCUT2D eigenvalue weighted by molar-refractivity contribution is 0.0938. The number of hydrogen-bond donors (Lipinski definition) is 1. The minimum absolute atomic E-state index is 0. The van der Waals surface area contributed by atoms with Gasteiger partial charge < -0.3 is 5.32 Å². The summed E-state index contributed by atoms with van der Waals surface area (Å²) in [6.07, 6.45) is 0. The van der Waals surface area contributed by atoms with Crippen LogP contribution in [0.5, 0.6) is 0 Å². The minimum Gasteiger partial charge on any atom is -0.301 e. The van der Waals surface area contributed by atoms with Crippen LogP contribution >= 0.6 is 12.4 Å². The van der Waals surface area contributed by atoms with Crippen LogP contribution in [0.15, 0.2) is 60.7 Å². The zero-order valence-corrected chi connectivity index (χ0v) is 12.6. The molecule has 0 bridgehead atoms. The molecule has 0 aliphatic rings. The molecule has 0 fully saturated rings. The second kappa shape index (κ2) is 7.83. The fourth-order valence-corrected chi connectivity index (χ4v) is 2.07. The zero-order chi connectivity index (χ0) is 13.7. The summed E-state index contributed by atoms with van der Waals surface area (Å²) in [5.41, 5.74) is 1.74. The van der Waals surface area contributed by atoms with Gasteiger partial charge in [-0.15, -0.1) is 12.4 Å². The number of carbonyl (C=O) groups is 1. The van der Waals surface area contributed by atoms with Crippen LogP contribution in [-0.4, -0.2) is 11.8 Å². The standard InChI is InChI=1S/C17H19NO.ClH/c1-13(2)18-16(14-9-5-3-6-10-14)17(19)15-11-7-4-8-12-15;/h3-13,16,18H,1-2H3;1H. The SMILES string of the molecule is CC(C)NC(C(=O)c1ccccc1)c1ccccc1.Cl. The molecule has 0 radical (unpaired) electrons. The maximum atomic E-state index is 12.6. The van der Waals surface area contributed by atoms with Gasteiger partial charge in [0.15, 0.2) is 5.78 Å². The number of hydrogen-bond acceptors (Lipinski definition) is 2. The summed E-state index contributed by atoms with van der Waals surface area (Å²) in [5, 5.41) is 3.34. The number of nitrogens with one attached hydrogen (secondary N) is 1. The summed E-state index contributed by atoms with van der Waals surface area (Å²) < 4.78 is 0. The van der Waals surface area contributed by atoms with E-state index in [1.807, 2.05) is 74.5 Å². The van der Waals surface area contributed by atoms with E-state index in [0.717, 1.165) is 11.1 Å². The highest BCUT2D eigenvalue weighted by atomic mass is 35.5. The van der Waals surface area contributed by atoms with Gasteiger partial charge in [-0.1, -0.05) is 60.7 Å². The van der Waals surface area contributed by atoms with Crippen LogP contribution in [0.4, 0.5) is 0 Å². The van der Waals surface area contributed by atoms with Crippen molar-refractivity contribution in [1.82, 2.24) is 5.32 Å². The predicted molar refractivity (Wildman–Crippen MR) is 85.5 cm³/mol. The van der Waals surface area contributed by atoms with Gasteiger partial charge in [-0.2, -0.15) is 0 Å². The van der Waals surface area contributed by atoms with E-state index in [0.29, 0.717) is 0 Å². The van der Waals surface area contributed by atoms with Crippen LogP contribution in [0.25, 0.3) is 0 Å². The molecule has 2 rings (SSSR count). The number of Topliss-reactive ketones (excluding diaryl/α,β-unsaturated/α-hetero) is 1. The molecule has 3 heteroatoms. The summed E-state index contributed by atoms with van der Waals surface area (Å²) >= 11 is 0. The van der Waals surface area contributed by atoms with Gasteiger partial charge in [0.25, 0.3) is 0 Å². The van der Waals surface area contributed by atoms with Crippen LogP contribution in [0, 0.1) is 0 Å². The Bertz CT molecular complexity index is 525. The minimum atomic E-state index is -0.288. The van der Waals surface area contributed by atoms with E-state index < -0.39 is 0 Å². The van der Waals surface area contributed by atoms with E-state index in [1.54, 1.807) is 0 Å². The lowest BCUT2D eigenvalue weighted by Gasteiger charge is -2.20. The van der Waals surface area contributed by atoms with Crippen molar-refractivity contribution in [2.45, 2.75) is 25.9 Å². The van der Waals surface area contributed by atoms with Crippen molar-refractivity contribution < 1.29 is 4.79 Å². The third kappa shape index (κ3) is 4.19. The first-order valence-corrected chi connectivity index (χ1v) is 6.58. The summed E-state index contributed by atoms with van der Waals surface area (Å²) in [7, 11) is 0. The molecular weight excluding hydrogens is 270 g/mol. The van der Waals surface area contributed by atoms with Crippen molar-refractivity contribution in [3.05, 3.63) is 71.8 Å². The molecule has 1 N–H and O–H groups in total. The number of halogens is 1. The van der Waals surface area contributed by atoms with Crippen LogP contribution < -0.4 is 5.32 Å². The molecule has 2 nitrogen and oxygen atoms in total. The molecule has 0 amide bonds. The predicted octanol–water partition coefficient (Wildman–Crippen LogP) is 4.03. The molecule has 1 atom stereocenters. The first-order valence-electron chi connectivity index (χ1n) is 6.58. The molecule has 106 valence electrons. The summed E-state index contributed by atoms with van der Waals surface area (Å²) in [6, 6.07) is 19.2. The van der Waals surface area contributed by atoms with Crippen LogP contribution in [-0.2, 0) is 0 Å². The molecule has 2 aromatic rings. The third-order valence-electron chi connectivity index (χ3n) is 2.95. The van der Waals surface area contributed by atoms with Gasteiger partial charge >= 0.3 is 0 Å². The molecule has 1 unspecified atom stereocenters. The van der Waals surface area contributed by atoms with Crippen molar-refractivity contribution in [1.29, 1.82) is 0 Å². The number of benzene rings is 2. The fourth-order valence-electron chi connectivity index (χ4n) is 2.07. The number of ketones is 1. The van der Waals surface area contributed by atoms with Gasteiger partial charge in [0.05, 0.1) is 6.04 Å². The lowest BCUT2D eigenvalue weighted by atomic mass is 9.97. The average molecular weight is 290 g/mol. The second-order valence-corrected chi connectivity index (χ2v) is 4.90. The van der Waals surface area contributed by atoms with Crippen LogP contribution in [0.2, 0.25) is 0 Å². The highest BCUT2D eigenvalue weighted by Gasteiger charge is 2.21. The molecule has 20 heavy (non-hydrogen) atoms. The van der Waals surface area contributed by atoms with E-state index in [2.05, 4.69) is 5.32 Å². The maximum Gasteiger partial charge on any atom is 0.184 e. The molecule has 2 aromatic carbocycles. The van der Waals surface area contributed by atoms with E-state index in [4.69, 9.17) is 0 Å². The van der Waals surface area contributed by atoms with Gasteiger partial charge in [-0.05, 0) is 19.4 Å². The van der Waals surface area contributed by atoms with Crippen molar-refractivity contribution in [3.63, 3.8) is 0 Å². The largest absolute Gasteiger partial charge is 0.301 e. The number of carbonyl (C=O) groups excluding carboxylic acids is 1. The molecule has 0 saturated carbocycles. The van der Waals surface area contributed by atoms with Crippen LogP contribution in [0.1, 0.15) is 35.8 Å². The van der Waals surface area contributed by atoms with E-state index in [9.17, 15) is 4.79 Å². The van der Waals surface area contributed by atoms with Gasteiger partial charge in [0.1, 0.15) is 0 Å². The van der Waals surface area contributed by atoms with Gasteiger partial charge in [-0.3, -0.25) is 4.79 Å². The monoisotopic (exact) mass is 289 g/mol. The fraction of sp³-hybridized carbons (Fsp3) is 0.235. The molecular formula is C17H20ClNO. The Labute approximate surface area is 126 Å². The summed E-state index contributed by atoms with van der Waals surface area (Å²) in [6.45, 7) is 4.10. The first kappa shape index (κ1) is 16.4. The summed E-state index contributed by atoms with van der Waals surface area (Å²) in [5.74, 6) is 0.112. The quantitative estimate of drug-likeness (QED) is 0.842. The highest BCUT2D eigenvalue weighted by Crippen LogP contribution is 2.19. The second-order valence-electron chi connectivity index (χ2n) is 4.90. The van der Waals surface area contributed by atoms with Crippen LogP contribution in [0.3, 0.4) is 0 Å². The Morgan fingerprint density at radius 1 is 0.900 bits per heavy atom. The molecule has 0 heterocycles. The van der Waals surface area contributed by atoms with Gasteiger partial charge in [0, 0.05) is 11.6 Å². The smallest absolute Gasteiger partial charge is 0.184 e. The zero-order valence-electron chi connectivity index (χ0n) is 11.7. The van der Waals surface area contributed by atoms with Gasteiger partial charge in [-0.25, -0.2) is 0 Å². The highest BCUT2D eigenvalue weighted by molar-refractivity contribution is 6.00. The van der Waals surface area contributed by atoms with E-state index >= 15 is 0 Å². The molecule has 0 saturated heterocycles. The topological polar surface area (TPSA) is 29.1 Å². The summed E-state index contributed by atoms with van der Waals surface area (Å²) in [4.78, 5) is 12.6. The van der Waals surface area contributed by atoms with E-state index in [1.165, 1.54) is 0 Å². The maximum absolute atomic E-state index is 12.6. The lowest BCUT2D eigenvalue weighted by Crippen LogP contribution is -2.33. The van der Waals surface area contributed by atoms with E-state index in [-0.39, 0.29) is 30.3 Å². The molecule has 0 aliphatic heterocycles. The Balaban J connectivity index is 0.00000200. The van der Waals surface area contributed by atoms with Crippen molar-refractivity contribution in [2.24, 2.45) is 0 Å². The third-order valence-corrected chi connectivity index (χ3v) is 2.95. The Morgan fingerprint density at radius 2 is 1.40 bits per heavy atom. The Kier molecular flexibility index (Phi) is 6.43. The first-order chi connectivity index (χ1) is 9.18. The van der Waals surface area contributed by atoms with Crippen molar-refractivity contribution in [3.8, 4) is 0 Å². The molecule has 0 spiro atoms. The average Bonchev–Trinajstić information content (AvgIpc) is 2.46. The number of rotatable bonds is 5. The van der Waals surface area contributed by atoms with Crippen molar-refractivity contribution >= 4 is 18.2 Å². The molecule has 0 aliphatic carbocycles. The normalized spacial score (nSPS) is 11.8. The molecule has 0 aromatic heterocycles.